The summed E-state index contributed by atoms with van der Waals surface area (Å²) in [5, 5.41) is 3.95. The maximum atomic E-state index is 12.6. The van der Waals surface area contributed by atoms with Crippen LogP contribution in [-0.2, 0) is 10.1 Å². The van der Waals surface area contributed by atoms with Crippen LogP contribution < -0.4 is 14.3 Å². The molecule has 1 N–H and O–H groups in total. The summed E-state index contributed by atoms with van der Waals surface area (Å²) < 4.78 is 36.5. The fraction of sp³-hybridized carbons (Fsp3) is 0.0909. The summed E-state index contributed by atoms with van der Waals surface area (Å²) in [6.45, 7) is 1.87. The van der Waals surface area contributed by atoms with Crippen LogP contribution >= 0.6 is 22.6 Å². The number of carbonyl (C=O) groups excluding carboxylic acids is 1. The van der Waals surface area contributed by atoms with Crippen molar-refractivity contribution >= 4 is 44.8 Å². The highest BCUT2D eigenvalue weighted by atomic mass is 127. The van der Waals surface area contributed by atoms with Crippen LogP contribution in [0.2, 0.25) is 0 Å². The quantitative estimate of drug-likeness (QED) is 0.207. The highest BCUT2D eigenvalue weighted by Gasteiger charge is 2.21. The normalized spacial score (nSPS) is 11.3. The van der Waals surface area contributed by atoms with Gasteiger partial charge in [0.25, 0.3) is 5.91 Å². The van der Waals surface area contributed by atoms with E-state index in [0.29, 0.717) is 14.7 Å². The second-order valence-electron chi connectivity index (χ2n) is 6.45. The third-order valence-corrected chi connectivity index (χ3v) is 6.21. The molecule has 3 aromatic carbocycles. The zero-order valence-corrected chi connectivity index (χ0v) is 19.7. The lowest BCUT2D eigenvalue weighted by molar-refractivity contribution is 0.0955. The van der Waals surface area contributed by atoms with E-state index in [2.05, 4.69) is 10.5 Å². The first-order valence-corrected chi connectivity index (χ1v) is 11.6. The zero-order chi connectivity index (χ0) is 22.4. The fourth-order valence-electron chi connectivity index (χ4n) is 2.58. The second kappa shape index (κ2) is 9.92. The van der Waals surface area contributed by atoms with E-state index >= 15 is 0 Å². The van der Waals surface area contributed by atoms with Crippen molar-refractivity contribution in [1.29, 1.82) is 0 Å². The molecular weight excluding hydrogens is 531 g/mol. The minimum absolute atomic E-state index is 0.0465. The van der Waals surface area contributed by atoms with Crippen LogP contribution in [0, 0.1) is 10.5 Å². The number of halogens is 1. The lowest BCUT2D eigenvalue weighted by Crippen LogP contribution is -2.17. The van der Waals surface area contributed by atoms with Crippen LogP contribution in [0.3, 0.4) is 0 Å². The Bertz CT molecular complexity index is 1210. The lowest BCUT2D eigenvalue weighted by atomic mass is 10.2. The number of rotatable bonds is 7. The summed E-state index contributed by atoms with van der Waals surface area (Å²) in [6.07, 6.45) is 1.43. The first-order valence-electron chi connectivity index (χ1n) is 9.07. The van der Waals surface area contributed by atoms with Gasteiger partial charge in [0.15, 0.2) is 11.5 Å². The van der Waals surface area contributed by atoms with Crippen molar-refractivity contribution in [3.63, 3.8) is 0 Å². The molecule has 0 unspecified atom stereocenters. The summed E-state index contributed by atoms with van der Waals surface area (Å²) >= 11 is 1.96. The van der Waals surface area contributed by atoms with E-state index in [1.807, 2.05) is 35.6 Å². The molecule has 0 saturated heterocycles. The van der Waals surface area contributed by atoms with E-state index in [0.717, 1.165) is 5.56 Å². The smallest absolute Gasteiger partial charge is 0.339 e. The van der Waals surface area contributed by atoms with Crippen molar-refractivity contribution in [1.82, 2.24) is 5.43 Å². The third-order valence-electron chi connectivity index (χ3n) is 4.17. The molecular formula is C22H19IN2O5S. The maximum Gasteiger partial charge on any atom is 0.339 e. The van der Waals surface area contributed by atoms with Gasteiger partial charge in [0.2, 0.25) is 0 Å². The van der Waals surface area contributed by atoms with Gasteiger partial charge in [-0.25, -0.2) is 5.43 Å². The lowest BCUT2D eigenvalue weighted by Gasteiger charge is -2.13. The molecule has 0 bridgehead atoms. The third kappa shape index (κ3) is 5.82. The average molecular weight is 550 g/mol. The van der Waals surface area contributed by atoms with Gasteiger partial charge in [0, 0.05) is 5.56 Å². The van der Waals surface area contributed by atoms with Gasteiger partial charge in [-0.3, -0.25) is 4.79 Å². The molecule has 0 aliphatic rings. The van der Waals surface area contributed by atoms with E-state index in [4.69, 9.17) is 8.92 Å². The number of carbonyl (C=O) groups is 1. The van der Waals surface area contributed by atoms with E-state index in [-0.39, 0.29) is 22.3 Å². The summed E-state index contributed by atoms with van der Waals surface area (Å²) in [4.78, 5) is 12.1. The molecule has 0 aliphatic carbocycles. The van der Waals surface area contributed by atoms with Crippen molar-refractivity contribution in [2.24, 2.45) is 5.10 Å². The molecule has 0 radical (unpaired) electrons. The molecule has 3 aromatic rings. The Morgan fingerprint density at radius 1 is 1.06 bits per heavy atom. The maximum absolute atomic E-state index is 12.6. The molecule has 0 atom stereocenters. The monoisotopic (exact) mass is 550 g/mol. The number of amides is 1. The Morgan fingerprint density at radius 3 is 2.39 bits per heavy atom. The number of hydrogen-bond donors (Lipinski definition) is 1. The van der Waals surface area contributed by atoms with Crippen LogP contribution in [0.1, 0.15) is 21.5 Å². The Labute approximate surface area is 194 Å². The van der Waals surface area contributed by atoms with Gasteiger partial charge in [-0.2, -0.15) is 13.5 Å². The van der Waals surface area contributed by atoms with Crippen LogP contribution in [0.15, 0.2) is 76.7 Å². The van der Waals surface area contributed by atoms with E-state index in [1.54, 1.807) is 48.5 Å². The number of hydrogen-bond acceptors (Lipinski definition) is 6. The van der Waals surface area contributed by atoms with Gasteiger partial charge in [-0.1, -0.05) is 35.9 Å². The molecule has 0 spiro atoms. The van der Waals surface area contributed by atoms with Crippen LogP contribution in [0.5, 0.6) is 11.5 Å². The van der Waals surface area contributed by atoms with Gasteiger partial charge in [0.05, 0.1) is 16.9 Å². The Balaban J connectivity index is 1.80. The zero-order valence-electron chi connectivity index (χ0n) is 16.7. The first kappa shape index (κ1) is 22.8. The minimum atomic E-state index is -4.03. The average Bonchev–Trinajstić information content (AvgIpc) is 2.76. The van der Waals surface area contributed by atoms with Crippen molar-refractivity contribution in [3.05, 3.63) is 87.0 Å². The molecule has 7 nitrogen and oxygen atoms in total. The van der Waals surface area contributed by atoms with Crippen molar-refractivity contribution in [2.45, 2.75) is 11.8 Å². The SMILES string of the molecule is COc1cc(/C=N\NC(=O)c2ccccc2)cc(I)c1OS(=O)(=O)c1ccc(C)cc1. The molecule has 0 aliphatic heterocycles. The molecule has 0 saturated carbocycles. The van der Waals surface area contributed by atoms with Crippen LogP contribution in [0.4, 0.5) is 0 Å². The Kier molecular flexibility index (Phi) is 7.29. The Morgan fingerprint density at radius 2 is 1.74 bits per heavy atom. The van der Waals surface area contributed by atoms with E-state index < -0.39 is 10.1 Å². The number of nitrogens with zero attached hydrogens (tertiary/aromatic N) is 1. The number of methoxy groups -OCH3 is 1. The fourth-order valence-corrected chi connectivity index (χ4v) is 4.42. The molecule has 31 heavy (non-hydrogen) atoms. The van der Waals surface area contributed by atoms with Crippen molar-refractivity contribution in [3.8, 4) is 11.5 Å². The first-order chi connectivity index (χ1) is 14.8. The molecule has 160 valence electrons. The van der Waals surface area contributed by atoms with Gasteiger partial charge in [-0.05, 0) is 71.5 Å². The predicted molar refractivity (Wildman–Crippen MR) is 126 cm³/mol. The van der Waals surface area contributed by atoms with Gasteiger partial charge >= 0.3 is 10.1 Å². The van der Waals surface area contributed by atoms with E-state index in [9.17, 15) is 13.2 Å². The molecule has 0 aromatic heterocycles. The molecule has 0 heterocycles. The number of nitrogens with one attached hydrogen (secondary N) is 1. The highest BCUT2D eigenvalue weighted by molar-refractivity contribution is 14.1. The van der Waals surface area contributed by atoms with E-state index in [1.165, 1.54) is 25.5 Å². The summed E-state index contributed by atoms with van der Waals surface area (Å²) in [6, 6.07) is 18.3. The van der Waals surface area contributed by atoms with Gasteiger partial charge in [-0.15, -0.1) is 0 Å². The van der Waals surface area contributed by atoms with Crippen LogP contribution in [-0.4, -0.2) is 27.6 Å². The standard InChI is InChI=1S/C22H19IN2O5S/c1-15-8-10-18(11-9-15)31(27,28)30-21-19(23)12-16(13-20(21)29-2)14-24-25-22(26)17-6-4-3-5-7-17/h3-14H,1-2H3,(H,25,26)/b24-14-. The van der Waals surface area contributed by atoms with Gasteiger partial charge in [0.1, 0.15) is 4.90 Å². The Hall–Kier alpha value is -2.92. The topological polar surface area (TPSA) is 94.1 Å². The van der Waals surface area contributed by atoms with Crippen molar-refractivity contribution in [2.75, 3.05) is 7.11 Å². The summed E-state index contributed by atoms with van der Waals surface area (Å²) in [5.74, 6) is -0.0461. The molecule has 0 fully saturated rings. The number of hydrazone groups is 1. The molecule has 1 amide bonds. The second-order valence-corrected chi connectivity index (χ2v) is 9.16. The number of ether oxygens (including phenoxy) is 1. The number of benzene rings is 3. The largest absolute Gasteiger partial charge is 0.493 e. The minimum Gasteiger partial charge on any atom is -0.493 e. The van der Waals surface area contributed by atoms with Crippen LogP contribution in [0.25, 0.3) is 0 Å². The predicted octanol–water partition coefficient (Wildman–Crippen LogP) is 4.14. The number of aryl methyl sites for hydroxylation is 1. The summed E-state index contributed by atoms with van der Waals surface area (Å²) in [5.41, 5.74) is 4.46. The molecule has 9 heteroatoms. The molecule has 3 rings (SSSR count). The van der Waals surface area contributed by atoms with Crippen molar-refractivity contribution < 1.29 is 22.1 Å². The van der Waals surface area contributed by atoms with Gasteiger partial charge < -0.3 is 8.92 Å². The highest BCUT2D eigenvalue weighted by Crippen LogP contribution is 2.35. The summed E-state index contributed by atoms with van der Waals surface area (Å²) in [7, 11) is -2.62.